The van der Waals surface area contributed by atoms with Crippen LogP contribution in [0.4, 0.5) is 16.0 Å². The maximum absolute atomic E-state index is 9.96. The van der Waals surface area contributed by atoms with Crippen molar-refractivity contribution in [2.75, 3.05) is 55.5 Å². The summed E-state index contributed by atoms with van der Waals surface area (Å²) in [6.07, 6.45) is 8.38. The summed E-state index contributed by atoms with van der Waals surface area (Å²) in [6.45, 7) is 11.3. The zero-order valence-electron chi connectivity index (χ0n) is 25.6. The standard InChI is InChI=1S/C12H15BrN2O.C7H7BrN2O.C5H9Br.CH3F.CH2O3.2K.H/c1-2-3-4-7-15-8-9-16-10-5-6-11(13)14-12(10)15;8-6-2-1-5-7(10-6)9-3-4-11-5;1-2-3-4-5-6;1-2;2-1-4-3;;;/h2,5-6H,1,3-4,7-9H2;1-2H,3-4H2,(H,9,10);2H,1,3-5H2;1H3;1,3H;;;/q;;;;;2*+1;-1/p-1/i;;;1D;;;;. The first-order valence-corrected chi connectivity index (χ1v) is 14.6. The fourth-order valence-electron chi connectivity index (χ4n) is 2.99. The molecule has 1 N–H and O–H groups in total. The van der Waals surface area contributed by atoms with E-state index >= 15 is 0 Å². The summed E-state index contributed by atoms with van der Waals surface area (Å²) in [5.74, 6) is 3.49. The Balaban J connectivity index is -0.000000247. The second-order valence-corrected chi connectivity index (χ2v) is 9.71. The Hall–Kier alpha value is 1.05. The third-order valence-corrected chi connectivity index (χ3v) is 6.06. The van der Waals surface area contributed by atoms with Crippen LogP contribution in [0.5, 0.6) is 11.5 Å². The average molecular weight is 823 g/mol. The van der Waals surface area contributed by atoms with E-state index in [0.29, 0.717) is 0 Å². The van der Waals surface area contributed by atoms with Crippen LogP contribution in [0.3, 0.4) is 0 Å². The van der Waals surface area contributed by atoms with Gasteiger partial charge in [-0.3, -0.25) is 9.18 Å². The molecule has 0 amide bonds. The van der Waals surface area contributed by atoms with Gasteiger partial charge in [-0.15, -0.1) is 13.2 Å². The van der Waals surface area contributed by atoms with Gasteiger partial charge in [0.05, 0.1) is 21.6 Å². The Labute approximate surface area is 355 Å². The number of anilines is 2. The van der Waals surface area contributed by atoms with Gasteiger partial charge in [0.2, 0.25) is 0 Å². The van der Waals surface area contributed by atoms with E-state index < -0.39 is 7.15 Å². The topological polar surface area (TPSA) is 109 Å². The van der Waals surface area contributed by atoms with E-state index in [1.54, 1.807) is 0 Å². The molecule has 0 radical (unpaired) electrons. The number of carbonyl (C=O) groups excluding carboxylic acids is 1. The van der Waals surface area contributed by atoms with Crippen LogP contribution in [0, 0.1) is 0 Å². The van der Waals surface area contributed by atoms with Gasteiger partial charge in [-0.2, -0.15) is 0 Å². The predicted octanol–water partition coefficient (Wildman–Crippen LogP) is 0.146. The number of fused-ring (bicyclic) bond motifs is 2. The summed E-state index contributed by atoms with van der Waals surface area (Å²) < 4.78 is 28.1. The van der Waals surface area contributed by atoms with Gasteiger partial charge in [0, 0.05) is 11.9 Å². The van der Waals surface area contributed by atoms with Gasteiger partial charge in [-0.1, -0.05) is 28.1 Å². The first-order chi connectivity index (χ1) is 19.4. The van der Waals surface area contributed by atoms with Crippen LogP contribution in [0.1, 0.15) is 28.5 Å². The minimum atomic E-state index is -1.00. The largest absolute Gasteiger partial charge is 1.00 e. The Morgan fingerprint density at radius 2 is 1.68 bits per heavy atom. The number of nitrogens with zero attached hydrogens (tertiary/aromatic N) is 3. The Bertz CT molecular complexity index is 998. The van der Waals surface area contributed by atoms with Gasteiger partial charge in [0.1, 0.15) is 22.4 Å². The number of rotatable bonds is 8. The van der Waals surface area contributed by atoms with Gasteiger partial charge in [0.25, 0.3) is 6.47 Å². The van der Waals surface area contributed by atoms with Gasteiger partial charge >= 0.3 is 103 Å². The van der Waals surface area contributed by atoms with Gasteiger partial charge in [-0.05, 0) is 81.8 Å². The molecule has 2 aliphatic rings. The normalized spacial score (nSPS) is 11.6. The van der Waals surface area contributed by atoms with E-state index in [-0.39, 0.29) is 111 Å². The van der Waals surface area contributed by atoms with Crippen LogP contribution in [0.15, 0.2) is 58.8 Å². The van der Waals surface area contributed by atoms with Crippen LogP contribution in [-0.4, -0.2) is 61.8 Å². The second kappa shape index (κ2) is 32.4. The van der Waals surface area contributed by atoms with Gasteiger partial charge in [0.15, 0.2) is 23.1 Å². The zero-order chi connectivity index (χ0) is 30.0. The van der Waals surface area contributed by atoms with Crippen molar-refractivity contribution >= 4 is 65.9 Å². The number of allylic oxidation sites excluding steroid dienone is 2. The Morgan fingerprint density at radius 1 is 1.12 bits per heavy atom. The molecule has 2 aromatic heterocycles. The molecule has 220 valence electrons. The summed E-state index contributed by atoms with van der Waals surface area (Å²) in [5, 5.41) is 12.7. The first-order valence-electron chi connectivity index (χ1n) is 12.6. The number of aromatic nitrogens is 2. The molecule has 0 saturated carbocycles. The fraction of sp³-hybridized carbons (Fsp3) is 0.423. The molecule has 0 aliphatic carbocycles. The van der Waals surface area contributed by atoms with E-state index in [0.717, 1.165) is 89.8 Å². The molecule has 4 rings (SSSR count). The number of ether oxygens (including phenoxy) is 2. The number of hydrogen-bond acceptors (Lipinski definition) is 9. The number of nitrogens with one attached hydrogen (secondary N) is 1. The summed E-state index contributed by atoms with van der Waals surface area (Å²) >= 11 is 9.98. The monoisotopic (exact) mass is 819 g/mol. The number of unbranched alkanes of at least 4 members (excludes halogenated alkanes) is 2. The average Bonchev–Trinajstić information content (AvgIpc) is 2.97. The minimum Gasteiger partial charge on any atom is -1.00 e. The molecule has 0 spiro atoms. The number of hydrogen-bond donors (Lipinski definition) is 1. The van der Waals surface area contributed by atoms with Gasteiger partial charge in [-0.25, -0.2) is 9.97 Å². The molecule has 2 aromatic rings. The van der Waals surface area contributed by atoms with Gasteiger partial charge < -0.3 is 31.3 Å². The smallest absolute Gasteiger partial charge is 1.00 e. The van der Waals surface area contributed by atoms with Crippen molar-refractivity contribution in [2.24, 2.45) is 0 Å². The molecule has 0 atom stereocenters. The Morgan fingerprint density at radius 3 is 2.24 bits per heavy atom. The summed E-state index contributed by atoms with van der Waals surface area (Å²) in [5.41, 5.74) is 0. The number of carbonyl (C=O) groups is 1. The molecule has 0 aromatic carbocycles. The number of halogens is 4. The van der Waals surface area contributed by atoms with E-state index in [9.17, 15) is 4.39 Å². The summed E-state index contributed by atoms with van der Waals surface area (Å²) in [7, 11) is -1.00. The quantitative estimate of drug-likeness (QED) is 0.0583. The van der Waals surface area contributed by atoms with Crippen molar-refractivity contribution < 1.29 is 134 Å². The van der Waals surface area contributed by atoms with Crippen molar-refractivity contribution in [2.45, 2.75) is 25.7 Å². The molecular formula is C26H36Br3FK2N4O5. The van der Waals surface area contributed by atoms with E-state index in [1.165, 1.54) is 6.42 Å². The third kappa shape index (κ3) is 22.2. The van der Waals surface area contributed by atoms with Crippen LogP contribution < -0.4 is 128 Å². The van der Waals surface area contributed by atoms with E-state index in [2.05, 4.69) is 86.0 Å². The minimum absolute atomic E-state index is 0. The molecule has 9 nitrogen and oxygen atoms in total. The van der Waals surface area contributed by atoms with E-state index in [1.807, 2.05) is 36.4 Å². The van der Waals surface area contributed by atoms with Crippen LogP contribution in [0.2, 0.25) is 0 Å². The van der Waals surface area contributed by atoms with Crippen molar-refractivity contribution in [1.82, 2.24) is 9.97 Å². The third-order valence-electron chi connectivity index (χ3n) is 4.62. The van der Waals surface area contributed by atoms with Crippen LogP contribution >= 0.6 is 47.8 Å². The van der Waals surface area contributed by atoms with Crippen molar-refractivity contribution in [3.05, 3.63) is 58.8 Å². The molecule has 0 saturated heterocycles. The molecule has 0 fully saturated rings. The van der Waals surface area contributed by atoms with Crippen molar-refractivity contribution in [3.8, 4) is 11.5 Å². The second-order valence-electron chi connectivity index (χ2n) is 7.29. The zero-order valence-corrected chi connectivity index (χ0v) is 34.6. The molecule has 41 heavy (non-hydrogen) atoms. The maximum atomic E-state index is 9.96. The molecule has 4 heterocycles. The SMILES string of the molecule is Brc1ccc2c(n1)NCCO2.C=CCCCBr.C=CCCCN1CCOc2ccc(Br)nc21.O=CO[O-].[2H]CF.[H-].[K+].[K+]. The summed E-state index contributed by atoms with van der Waals surface area (Å²) in [4.78, 5) is 22.2. The number of pyridine rings is 2. The fourth-order valence-corrected chi connectivity index (χ4v) is 3.92. The Kier molecular flexibility index (Phi) is 35.0. The van der Waals surface area contributed by atoms with Crippen LogP contribution in [-0.2, 0) is 9.68 Å². The molecule has 0 bridgehead atoms. The first kappa shape index (κ1) is 44.2. The van der Waals surface area contributed by atoms with Crippen LogP contribution in [0.25, 0.3) is 0 Å². The summed E-state index contributed by atoms with van der Waals surface area (Å²) in [6, 6.07) is 7.64. The molecular weight excluding hydrogens is 785 g/mol. The maximum Gasteiger partial charge on any atom is 1.00 e. The van der Waals surface area contributed by atoms with Crippen molar-refractivity contribution in [3.63, 3.8) is 0 Å². The van der Waals surface area contributed by atoms with E-state index in [4.69, 9.17) is 20.9 Å². The van der Waals surface area contributed by atoms with Crippen molar-refractivity contribution in [1.29, 1.82) is 0 Å². The molecule has 0 unspecified atom stereocenters. The molecule has 2 aliphatic heterocycles. The predicted molar refractivity (Wildman–Crippen MR) is 164 cm³/mol. The number of alkyl halides is 2. The molecule has 15 heteroatoms.